The Kier molecular flexibility index (Phi) is 22.9. The molecule has 0 saturated carbocycles. The van der Waals surface area contributed by atoms with E-state index in [0.29, 0.717) is 32.4 Å². The molecule has 368 valence electrons. The second kappa shape index (κ2) is 27.2. The third-order valence-corrected chi connectivity index (χ3v) is 13.4. The van der Waals surface area contributed by atoms with Crippen LogP contribution in [0.25, 0.3) is 0 Å². The van der Waals surface area contributed by atoms with Gasteiger partial charge in [-0.25, -0.2) is 4.79 Å². The Bertz CT molecular complexity index is 1850. The van der Waals surface area contributed by atoms with E-state index in [1.54, 1.807) is 30.9 Å². The van der Waals surface area contributed by atoms with Gasteiger partial charge in [-0.3, -0.25) is 39.1 Å². The number of amides is 4. The highest BCUT2D eigenvalue weighted by Crippen LogP contribution is 2.31. The van der Waals surface area contributed by atoms with Crippen LogP contribution in [0.1, 0.15) is 111 Å². The van der Waals surface area contributed by atoms with Crippen molar-refractivity contribution in [3.63, 3.8) is 0 Å². The van der Waals surface area contributed by atoms with E-state index in [0.717, 1.165) is 17.5 Å². The van der Waals surface area contributed by atoms with Crippen molar-refractivity contribution in [1.82, 2.24) is 25.3 Å². The minimum atomic E-state index is -0.995. The molecule has 0 spiro atoms. The molecule has 3 rings (SSSR count). The first-order valence-electron chi connectivity index (χ1n) is 23.7. The molecule has 1 aliphatic heterocycles. The van der Waals surface area contributed by atoms with Crippen LogP contribution in [0.3, 0.4) is 0 Å². The standard InChI is InChI=1S/C51H79N5O10/c1-13-34(6)46(55(10)45(33(4)5)50(62)53-49(61)44(32(2)3)54(9)28-21-27-42(58)59)40(64-11)30-41(57)56-29-20-26-39(56)47(65-12)36(8)48(60)52-43(35(7)38-24-18-15-19-25-38)51(63)66-31-37-22-16-14-17-23-37/h14-19,22-25,32-36,39-40,43-47H,13,20-21,26-31H2,1-12H3,(H,52,60)(H,58,59)(H,53,61,62)/t34-,35-,36+,39-,40+,43-,44-,45-,46-,47+/m0/s1. The molecule has 15 heteroatoms. The number of likely N-dealkylation sites (N-methyl/N-ethyl adjacent to an activating group) is 2. The van der Waals surface area contributed by atoms with Gasteiger partial charge in [0.15, 0.2) is 0 Å². The fourth-order valence-electron chi connectivity index (χ4n) is 9.68. The molecule has 0 radical (unpaired) electrons. The van der Waals surface area contributed by atoms with Crippen LogP contribution in [-0.4, -0.2) is 139 Å². The number of carboxylic acid groups (broad SMARTS) is 1. The minimum Gasteiger partial charge on any atom is -0.481 e. The number of rotatable bonds is 27. The third-order valence-electron chi connectivity index (χ3n) is 13.4. The van der Waals surface area contributed by atoms with Crippen LogP contribution in [0.2, 0.25) is 0 Å². The average molecular weight is 922 g/mol. The van der Waals surface area contributed by atoms with Crippen molar-refractivity contribution in [2.45, 2.75) is 149 Å². The summed E-state index contributed by atoms with van der Waals surface area (Å²) in [4.78, 5) is 87.0. The Balaban J connectivity index is 1.81. The molecule has 1 saturated heterocycles. The van der Waals surface area contributed by atoms with Crippen LogP contribution >= 0.6 is 0 Å². The van der Waals surface area contributed by atoms with Crippen molar-refractivity contribution in [3.8, 4) is 0 Å². The Labute approximate surface area is 393 Å². The van der Waals surface area contributed by atoms with Crippen LogP contribution < -0.4 is 10.6 Å². The maximum absolute atomic E-state index is 14.5. The minimum absolute atomic E-state index is 0.00476. The van der Waals surface area contributed by atoms with Crippen LogP contribution in [0.5, 0.6) is 0 Å². The zero-order valence-electron chi connectivity index (χ0n) is 41.5. The molecule has 1 fully saturated rings. The van der Waals surface area contributed by atoms with E-state index in [1.807, 2.05) is 114 Å². The van der Waals surface area contributed by atoms with Gasteiger partial charge in [-0.15, -0.1) is 0 Å². The van der Waals surface area contributed by atoms with Crippen LogP contribution in [-0.2, 0) is 49.6 Å². The van der Waals surface area contributed by atoms with Gasteiger partial charge in [0.2, 0.25) is 23.6 Å². The van der Waals surface area contributed by atoms with E-state index in [4.69, 9.17) is 19.3 Å². The molecule has 4 amide bonds. The van der Waals surface area contributed by atoms with Crippen molar-refractivity contribution in [1.29, 1.82) is 0 Å². The van der Waals surface area contributed by atoms with E-state index in [2.05, 4.69) is 17.6 Å². The Morgan fingerprint density at radius 3 is 1.95 bits per heavy atom. The number of likely N-dealkylation sites (tertiary alicyclic amines) is 1. The molecular formula is C51H79N5O10. The number of nitrogens with one attached hydrogen (secondary N) is 2. The van der Waals surface area contributed by atoms with Crippen molar-refractivity contribution in [2.24, 2.45) is 23.7 Å². The van der Waals surface area contributed by atoms with Gasteiger partial charge in [0, 0.05) is 39.1 Å². The predicted molar refractivity (Wildman–Crippen MR) is 254 cm³/mol. The first-order valence-corrected chi connectivity index (χ1v) is 23.7. The highest BCUT2D eigenvalue weighted by atomic mass is 16.5. The van der Waals surface area contributed by atoms with Crippen molar-refractivity contribution in [2.75, 3.05) is 41.4 Å². The van der Waals surface area contributed by atoms with Crippen LogP contribution in [0.15, 0.2) is 60.7 Å². The van der Waals surface area contributed by atoms with Gasteiger partial charge in [0.1, 0.15) is 12.6 Å². The van der Waals surface area contributed by atoms with E-state index in [-0.39, 0.29) is 43.1 Å². The molecule has 3 N–H and O–H groups in total. The lowest BCUT2D eigenvalue weighted by atomic mass is 9.87. The smallest absolute Gasteiger partial charge is 0.329 e. The van der Waals surface area contributed by atoms with E-state index < -0.39 is 83.9 Å². The number of carbonyl (C=O) groups excluding carboxylic acids is 5. The summed E-state index contributed by atoms with van der Waals surface area (Å²) in [5.41, 5.74) is 1.68. The monoisotopic (exact) mass is 922 g/mol. The predicted octanol–water partition coefficient (Wildman–Crippen LogP) is 5.90. The topological polar surface area (TPSA) is 184 Å². The average Bonchev–Trinajstić information content (AvgIpc) is 3.77. The lowest BCUT2D eigenvalue weighted by Crippen LogP contribution is -2.60. The normalized spacial score (nSPS) is 18.2. The summed E-state index contributed by atoms with van der Waals surface area (Å²) in [5.74, 6) is -4.55. The number of aliphatic carboxylic acids is 1. The highest BCUT2D eigenvalue weighted by Gasteiger charge is 2.44. The van der Waals surface area contributed by atoms with Gasteiger partial charge < -0.3 is 29.5 Å². The molecule has 66 heavy (non-hydrogen) atoms. The summed E-state index contributed by atoms with van der Waals surface area (Å²) < 4.78 is 17.9. The van der Waals surface area contributed by atoms with Crippen LogP contribution in [0, 0.1) is 23.7 Å². The van der Waals surface area contributed by atoms with Gasteiger partial charge in [0.05, 0.1) is 42.7 Å². The molecule has 2 aromatic rings. The molecule has 10 atom stereocenters. The molecule has 0 aliphatic carbocycles. The number of nitrogens with zero attached hydrogens (tertiary/aromatic N) is 3. The molecular weight excluding hydrogens is 843 g/mol. The Morgan fingerprint density at radius 2 is 1.41 bits per heavy atom. The molecule has 15 nitrogen and oxygen atoms in total. The van der Waals surface area contributed by atoms with E-state index in [1.165, 1.54) is 7.11 Å². The quantitative estimate of drug-likeness (QED) is 0.0904. The maximum Gasteiger partial charge on any atom is 0.329 e. The zero-order valence-corrected chi connectivity index (χ0v) is 41.5. The number of benzene rings is 2. The fourth-order valence-corrected chi connectivity index (χ4v) is 9.68. The van der Waals surface area contributed by atoms with Crippen LogP contribution in [0.4, 0.5) is 0 Å². The lowest BCUT2D eigenvalue weighted by Gasteiger charge is -2.43. The summed E-state index contributed by atoms with van der Waals surface area (Å²) in [7, 11) is 6.68. The SMILES string of the molecule is CC[C@H](C)[C@@H]([C@@H](CC(=O)N1CCC[C@H]1[C@H](OC)[C@@H](C)C(=O)N[C@H](C(=O)OCc1ccccc1)[C@@H](C)c1ccccc1)OC)N(C)[C@H](C(=O)NC(=O)[C@H](C(C)C)N(C)CCCC(=O)O)C(C)C. The molecule has 1 aliphatic rings. The fraction of sp³-hybridized carbons (Fsp3) is 0.647. The Morgan fingerprint density at radius 1 is 0.818 bits per heavy atom. The van der Waals surface area contributed by atoms with Gasteiger partial charge in [-0.2, -0.15) is 0 Å². The molecule has 1 heterocycles. The number of imide groups is 1. The maximum atomic E-state index is 14.5. The second-order valence-electron chi connectivity index (χ2n) is 18.8. The summed E-state index contributed by atoms with van der Waals surface area (Å²) in [6.07, 6.45) is 1.02. The summed E-state index contributed by atoms with van der Waals surface area (Å²) >= 11 is 0. The van der Waals surface area contributed by atoms with Crippen molar-refractivity contribution < 1.29 is 48.1 Å². The molecule has 0 aromatic heterocycles. The number of esters is 1. The molecule has 2 aromatic carbocycles. The second-order valence-corrected chi connectivity index (χ2v) is 18.8. The summed E-state index contributed by atoms with van der Waals surface area (Å²) in [5, 5.41) is 14.8. The number of methoxy groups -OCH3 is 2. The number of ether oxygens (including phenoxy) is 3. The van der Waals surface area contributed by atoms with Gasteiger partial charge in [-0.05, 0) is 68.8 Å². The third kappa shape index (κ3) is 15.4. The number of hydrogen-bond donors (Lipinski definition) is 3. The molecule has 0 unspecified atom stereocenters. The van der Waals surface area contributed by atoms with Gasteiger partial charge >= 0.3 is 11.9 Å². The van der Waals surface area contributed by atoms with Crippen molar-refractivity contribution in [3.05, 3.63) is 71.8 Å². The van der Waals surface area contributed by atoms with E-state index in [9.17, 15) is 28.8 Å². The first-order chi connectivity index (χ1) is 31.3. The van der Waals surface area contributed by atoms with Gasteiger partial charge in [0.25, 0.3) is 0 Å². The number of hydrogen-bond acceptors (Lipinski definition) is 11. The first kappa shape index (κ1) is 55.6. The summed E-state index contributed by atoms with van der Waals surface area (Å²) in [6, 6.07) is 15.6. The number of carboxylic acids is 1. The summed E-state index contributed by atoms with van der Waals surface area (Å²) in [6.45, 7) is 16.2. The largest absolute Gasteiger partial charge is 0.481 e. The Hall–Kier alpha value is -4.70. The van der Waals surface area contributed by atoms with Crippen molar-refractivity contribution >= 4 is 35.6 Å². The van der Waals surface area contributed by atoms with Gasteiger partial charge in [-0.1, -0.05) is 122 Å². The highest BCUT2D eigenvalue weighted by molar-refractivity contribution is 6.00. The zero-order chi connectivity index (χ0) is 49.2. The van der Waals surface area contributed by atoms with E-state index >= 15 is 0 Å². The lowest BCUT2D eigenvalue weighted by molar-refractivity contribution is -0.151. The number of carbonyl (C=O) groups is 6. The molecule has 0 bridgehead atoms.